The summed E-state index contributed by atoms with van der Waals surface area (Å²) in [5, 5.41) is 7.23. The first-order chi connectivity index (χ1) is 13.4. The van der Waals surface area contributed by atoms with Crippen LogP contribution in [0.1, 0.15) is 32.1 Å². The maximum atomic E-state index is 12.2. The van der Waals surface area contributed by atoms with Gasteiger partial charge in [-0.3, -0.25) is 19.4 Å². The molecule has 0 spiro atoms. The molecule has 0 bridgehead atoms. The van der Waals surface area contributed by atoms with Gasteiger partial charge < -0.3 is 10.3 Å². The largest absolute Gasteiger partial charge is 0.364 e. The zero-order valence-corrected chi connectivity index (χ0v) is 16.0. The number of rotatable bonds is 4. The van der Waals surface area contributed by atoms with E-state index >= 15 is 0 Å². The van der Waals surface area contributed by atoms with Crippen LogP contribution in [0.2, 0.25) is 5.02 Å². The Morgan fingerprint density at radius 2 is 2.00 bits per heavy atom. The lowest BCUT2D eigenvalue weighted by atomic mass is 9.96. The van der Waals surface area contributed by atoms with Gasteiger partial charge in [0.15, 0.2) is 0 Å². The van der Waals surface area contributed by atoms with Gasteiger partial charge in [0, 0.05) is 17.8 Å². The van der Waals surface area contributed by atoms with Crippen LogP contribution in [-0.4, -0.2) is 50.8 Å². The Kier molecular flexibility index (Phi) is 4.66. The molecule has 0 atom stereocenters. The fraction of sp³-hybridized carbons (Fsp3) is 0.421. The van der Waals surface area contributed by atoms with Gasteiger partial charge in [-0.2, -0.15) is 5.10 Å². The highest BCUT2D eigenvalue weighted by atomic mass is 35.5. The Labute approximate surface area is 166 Å². The average Bonchev–Trinajstić information content (AvgIpc) is 3.23. The molecule has 146 valence electrons. The molecule has 0 saturated heterocycles. The van der Waals surface area contributed by atoms with Gasteiger partial charge in [0.1, 0.15) is 17.9 Å². The van der Waals surface area contributed by atoms with Crippen molar-refractivity contribution < 1.29 is 14.4 Å². The fourth-order valence-corrected chi connectivity index (χ4v) is 4.45. The van der Waals surface area contributed by atoms with Gasteiger partial charge in [-0.15, -0.1) is 0 Å². The van der Waals surface area contributed by atoms with Crippen LogP contribution in [0.3, 0.4) is 0 Å². The van der Waals surface area contributed by atoms with Crippen molar-refractivity contribution in [1.29, 1.82) is 0 Å². The molecular formula is C19H20ClN5O3. The minimum atomic E-state index is -0.787. The number of Topliss-reactive ketones (excluding diaryl/α,β-unsaturated/α-hetero) is 2. The van der Waals surface area contributed by atoms with Crippen LogP contribution in [0.4, 0.5) is 0 Å². The monoisotopic (exact) mass is 401 g/mol. The van der Waals surface area contributed by atoms with Gasteiger partial charge in [-0.1, -0.05) is 24.4 Å². The first-order valence-corrected chi connectivity index (χ1v) is 9.58. The molecular weight excluding hydrogens is 382 g/mol. The molecule has 0 radical (unpaired) electrons. The Balaban J connectivity index is 1.76. The molecule has 1 aliphatic carbocycles. The number of halogens is 1. The van der Waals surface area contributed by atoms with Gasteiger partial charge in [0.25, 0.3) is 5.91 Å². The Hall–Kier alpha value is -2.74. The smallest absolute Gasteiger partial charge is 0.265 e. The predicted molar refractivity (Wildman–Crippen MR) is 104 cm³/mol. The third-order valence-corrected chi connectivity index (χ3v) is 5.85. The van der Waals surface area contributed by atoms with Crippen molar-refractivity contribution in [3.63, 3.8) is 0 Å². The third-order valence-electron chi connectivity index (χ3n) is 5.55. The summed E-state index contributed by atoms with van der Waals surface area (Å²) in [5.74, 6) is -2.00. The van der Waals surface area contributed by atoms with Gasteiger partial charge in [-0.25, -0.2) is 4.98 Å². The van der Waals surface area contributed by atoms with Crippen LogP contribution in [0.25, 0.3) is 11.0 Å². The lowest BCUT2D eigenvalue weighted by Crippen LogP contribution is -2.43. The number of primary amides is 1. The van der Waals surface area contributed by atoms with E-state index in [0.29, 0.717) is 11.6 Å². The number of pyridine rings is 1. The van der Waals surface area contributed by atoms with Gasteiger partial charge >= 0.3 is 0 Å². The van der Waals surface area contributed by atoms with Crippen LogP contribution >= 0.6 is 11.6 Å². The van der Waals surface area contributed by atoms with E-state index in [0.717, 1.165) is 36.7 Å². The number of fused-ring (bicyclic) bond motifs is 1. The maximum Gasteiger partial charge on any atom is 0.265 e. The quantitative estimate of drug-likeness (QED) is 0.783. The minimum absolute atomic E-state index is 0.0856. The lowest BCUT2D eigenvalue weighted by Gasteiger charge is -2.35. The number of amides is 1. The molecule has 1 amide bonds. The number of hydrogen-bond acceptors (Lipinski definition) is 6. The second kappa shape index (κ2) is 7.01. The number of carbonyl (C=O) groups is 3. The molecule has 8 nitrogen and oxygen atoms in total. The molecule has 1 saturated carbocycles. The second-order valence-electron chi connectivity index (χ2n) is 7.41. The number of aromatic nitrogens is 2. The molecule has 9 heteroatoms. The summed E-state index contributed by atoms with van der Waals surface area (Å²) in [4.78, 5) is 40.3. The maximum absolute atomic E-state index is 12.2. The van der Waals surface area contributed by atoms with Gasteiger partial charge in [0.05, 0.1) is 23.5 Å². The first kappa shape index (κ1) is 18.6. The van der Waals surface area contributed by atoms with Crippen molar-refractivity contribution in [1.82, 2.24) is 14.6 Å². The SMILES string of the molecule is NC(=O)C1=NN(CC2(n3cc(Cl)c4cccnc43)CCCC2)CC(=O)C(=O)C1. The molecule has 1 aliphatic heterocycles. The zero-order valence-electron chi connectivity index (χ0n) is 15.2. The second-order valence-corrected chi connectivity index (χ2v) is 7.82. The summed E-state index contributed by atoms with van der Waals surface area (Å²) in [6, 6.07) is 3.75. The zero-order chi connectivity index (χ0) is 19.9. The highest BCUT2D eigenvalue weighted by molar-refractivity contribution is 6.50. The summed E-state index contributed by atoms with van der Waals surface area (Å²) in [6.45, 7) is 0.192. The molecule has 3 heterocycles. The van der Waals surface area contributed by atoms with Crippen molar-refractivity contribution >= 4 is 45.8 Å². The summed E-state index contributed by atoms with van der Waals surface area (Å²) < 4.78 is 2.06. The number of ketones is 2. The summed E-state index contributed by atoms with van der Waals surface area (Å²) in [5.41, 5.74) is 5.64. The molecule has 2 N–H and O–H groups in total. The highest BCUT2D eigenvalue weighted by Crippen LogP contribution is 2.41. The molecule has 0 aromatic carbocycles. The molecule has 0 unspecified atom stereocenters. The van der Waals surface area contributed by atoms with Crippen molar-refractivity contribution in [3.05, 3.63) is 29.5 Å². The summed E-state index contributed by atoms with van der Waals surface area (Å²) in [6.07, 6.45) is 6.96. The molecule has 1 fully saturated rings. The van der Waals surface area contributed by atoms with E-state index in [9.17, 15) is 14.4 Å². The van der Waals surface area contributed by atoms with Crippen LogP contribution < -0.4 is 5.73 Å². The van der Waals surface area contributed by atoms with E-state index in [2.05, 4.69) is 14.7 Å². The predicted octanol–water partition coefficient (Wildman–Crippen LogP) is 1.64. The number of carbonyl (C=O) groups excluding carboxylic acids is 3. The molecule has 2 aliphatic rings. The van der Waals surface area contributed by atoms with Gasteiger partial charge in [0.2, 0.25) is 11.6 Å². The number of nitrogens with zero attached hydrogens (tertiary/aromatic N) is 4. The lowest BCUT2D eigenvalue weighted by molar-refractivity contribution is -0.136. The van der Waals surface area contributed by atoms with E-state index < -0.39 is 17.5 Å². The summed E-state index contributed by atoms with van der Waals surface area (Å²) >= 11 is 6.43. The van der Waals surface area contributed by atoms with E-state index in [4.69, 9.17) is 17.3 Å². The van der Waals surface area contributed by atoms with Crippen molar-refractivity contribution in [2.24, 2.45) is 10.8 Å². The van der Waals surface area contributed by atoms with Crippen molar-refractivity contribution in [2.75, 3.05) is 13.1 Å². The fourth-order valence-electron chi connectivity index (χ4n) is 4.20. The Bertz CT molecular complexity index is 1010. The van der Waals surface area contributed by atoms with Crippen LogP contribution in [0.5, 0.6) is 0 Å². The van der Waals surface area contributed by atoms with E-state index in [1.807, 2.05) is 18.3 Å². The normalized spacial score (nSPS) is 19.8. The minimum Gasteiger partial charge on any atom is -0.364 e. The van der Waals surface area contributed by atoms with Crippen LogP contribution in [0.15, 0.2) is 29.6 Å². The van der Waals surface area contributed by atoms with Gasteiger partial charge in [-0.05, 0) is 25.0 Å². The number of nitrogens with two attached hydrogens (primary N) is 1. The Morgan fingerprint density at radius 3 is 2.71 bits per heavy atom. The first-order valence-electron chi connectivity index (χ1n) is 9.20. The molecule has 28 heavy (non-hydrogen) atoms. The average molecular weight is 402 g/mol. The van der Waals surface area contributed by atoms with E-state index in [1.165, 1.54) is 5.01 Å². The number of hydrazone groups is 1. The van der Waals surface area contributed by atoms with Crippen molar-refractivity contribution in [3.8, 4) is 0 Å². The van der Waals surface area contributed by atoms with Crippen LogP contribution in [-0.2, 0) is 19.9 Å². The van der Waals surface area contributed by atoms with Crippen LogP contribution in [0, 0.1) is 0 Å². The van der Waals surface area contributed by atoms with Crippen molar-refractivity contribution in [2.45, 2.75) is 37.6 Å². The Morgan fingerprint density at radius 1 is 1.25 bits per heavy atom. The molecule has 2 aromatic rings. The standard InChI is InChI=1S/C19H20ClN5O3/c20-13-9-25(18-12(13)4-3-7-22-18)19(5-1-2-6-19)11-24-10-16(27)15(26)8-14(23-24)17(21)28/h3-4,7,9H,1-2,5-6,8,10-11H2,(H2,21,28). The highest BCUT2D eigenvalue weighted by Gasteiger charge is 2.40. The molecule has 2 aromatic heterocycles. The topological polar surface area (TPSA) is 111 Å². The third kappa shape index (κ3) is 3.17. The summed E-state index contributed by atoms with van der Waals surface area (Å²) in [7, 11) is 0. The van der Waals surface area contributed by atoms with E-state index in [1.54, 1.807) is 6.20 Å². The molecule has 4 rings (SSSR count). The van der Waals surface area contributed by atoms with E-state index in [-0.39, 0.29) is 24.2 Å². The number of hydrogen-bond donors (Lipinski definition) is 1.